The van der Waals surface area contributed by atoms with Crippen LogP contribution in [0.15, 0.2) is 29.5 Å². The zero-order chi connectivity index (χ0) is 20.6. The zero-order valence-electron chi connectivity index (χ0n) is 16.4. The number of carbonyl (C=O) groups is 1. The lowest BCUT2D eigenvalue weighted by atomic mass is 10.0. The molecule has 1 amide bonds. The van der Waals surface area contributed by atoms with Gasteiger partial charge >= 0.3 is 12.1 Å². The van der Waals surface area contributed by atoms with Crippen molar-refractivity contribution in [2.24, 2.45) is 0 Å². The van der Waals surface area contributed by atoms with Crippen molar-refractivity contribution < 1.29 is 14.3 Å². The monoisotopic (exact) mass is 398 g/mol. The highest BCUT2D eigenvalue weighted by Crippen LogP contribution is 2.34. The summed E-state index contributed by atoms with van der Waals surface area (Å²) < 4.78 is 11.2. The molecule has 0 aliphatic carbocycles. The molecule has 3 aromatic heterocycles. The van der Waals surface area contributed by atoms with Crippen molar-refractivity contribution in [1.82, 2.24) is 30.0 Å². The molecule has 1 aliphatic rings. The Morgan fingerprint density at radius 3 is 2.93 bits per heavy atom. The maximum atomic E-state index is 12.3. The number of rotatable bonds is 3. The van der Waals surface area contributed by atoms with E-state index in [4.69, 9.17) is 9.47 Å². The number of amides is 1. The number of ether oxygens (including phenoxy) is 2. The van der Waals surface area contributed by atoms with Crippen LogP contribution in [0.5, 0.6) is 11.8 Å². The number of pyridine rings is 1. The summed E-state index contributed by atoms with van der Waals surface area (Å²) in [6, 6.07) is 1.65. The van der Waals surface area contributed by atoms with Crippen LogP contribution in [0.4, 0.5) is 4.79 Å². The van der Waals surface area contributed by atoms with Crippen molar-refractivity contribution in [3.63, 3.8) is 0 Å². The summed E-state index contributed by atoms with van der Waals surface area (Å²) in [6.07, 6.45) is 4.96. The standard InChI is InChI=1S/C19H22N6O4/c1-19(2,3)29-18(27)25-7-5-11(10-25)15-14(9-21-24-15)28-17-22-13-8-20-6-4-12(13)16(26)23-17/h4,6,8-9,11H,5,7,10H2,1-3H3,(H,21,24)(H,22,23,26)/t11-/m0/s1. The predicted octanol–water partition coefficient (Wildman–Crippen LogP) is 2.56. The maximum Gasteiger partial charge on any atom is 0.410 e. The summed E-state index contributed by atoms with van der Waals surface area (Å²) >= 11 is 0. The molecule has 1 atom stereocenters. The number of hydrogen-bond donors (Lipinski definition) is 2. The highest BCUT2D eigenvalue weighted by atomic mass is 16.6. The number of likely N-dealkylation sites (tertiary alicyclic amines) is 1. The van der Waals surface area contributed by atoms with Gasteiger partial charge < -0.3 is 14.4 Å². The van der Waals surface area contributed by atoms with Crippen LogP contribution in [0, 0.1) is 0 Å². The van der Waals surface area contributed by atoms with Gasteiger partial charge in [0, 0.05) is 25.2 Å². The topological polar surface area (TPSA) is 126 Å². The van der Waals surface area contributed by atoms with Crippen LogP contribution in [0.2, 0.25) is 0 Å². The SMILES string of the molecule is CC(C)(C)OC(=O)N1CC[C@H](c2[nH]ncc2Oc2nc3cnccc3c(=O)[nH]2)C1. The average Bonchev–Trinajstić information content (AvgIpc) is 3.29. The van der Waals surface area contributed by atoms with E-state index in [0.717, 1.165) is 12.1 Å². The second-order valence-corrected chi connectivity index (χ2v) is 7.93. The van der Waals surface area contributed by atoms with E-state index in [1.165, 1.54) is 18.6 Å². The van der Waals surface area contributed by atoms with Crippen molar-refractivity contribution in [1.29, 1.82) is 0 Å². The van der Waals surface area contributed by atoms with E-state index in [0.29, 0.717) is 29.7 Å². The van der Waals surface area contributed by atoms with Crippen molar-refractivity contribution in [2.45, 2.75) is 38.7 Å². The van der Waals surface area contributed by atoms with E-state index in [-0.39, 0.29) is 23.6 Å². The van der Waals surface area contributed by atoms with Crippen LogP contribution >= 0.6 is 0 Å². The summed E-state index contributed by atoms with van der Waals surface area (Å²) in [7, 11) is 0. The minimum Gasteiger partial charge on any atom is -0.444 e. The molecule has 10 heteroatoms. The third kappa shape index (κ3) is 4.05. The lowest BCUT2D eigenvalue weighted by molar-refractivity contribution is 0.0292. The lowest BCUT2D eigenvalue weighted by Gasteiger charge is -2.24. The molecule has 29 heavy (non-hydrogen) atoms. The van der Waals surface area contributed by atoms with Crippen molar-refractivity contribution >= 4 is 17.0 Å². The molecule has 1 fully saturated rings. The third-order valence-corrected chi connectivity index (χ3v) is 4.57. The van der Waals surface area contributed by atoms with E-state index >= 15 is 0 Å². The number of nitrogens with zero attached hydrogens (tertiary/aromatic N) is 4. The molecule has 2 N–H and O–H groups in total. The number of aromatic nitrogens is 5. The minimum absolute atomic E-state index is 0.00821. The normalized spacial score (nSPS) is 16.9. The summed E-state index contributed by atoms with van der Waals surface area (Å²) in [6.45, 7) is 6.58. The second-order valence-electron chi connectivity index (χ2n) is 7.93. The van der Waals surface area contributed by atoms with Gasteiger partial charge in [0.2, 0.25) is 0 Å². The first-order chi connectivity index (χ1) is 13.8. The summed E-state index contributed by atoms with van der Waals surface area (Å²) in [5, 5.41) is 7.44. The van der Waals surface area contributed by atoms with E-state index in [2.05, 4.69) is 25.1 Å². The van der Waals surface area contributed by atoms with Gasteiger partial charge in [-0.25, -0.2) is 4.79 Å². The van der Waals surface area contributed by atoms with Crippen LogP contribution in [-0.2, 0) is 4.74 Å². The van der Waals surface area contributed by atoms with Crippen LogP contribution in [0.1, 0.15) is 38.8 Å². The number of nitrogens with one attached hydrogen (secondary N) is 2. The molecule has 1 saturated heterocycles. The number of aromatic amines is 2. The molecule has 1 aliphatic heterocycles. The molecule has 0 spiro atoms. The van der Waals surface area contributed by atoms with Crippen molar-refractivity contribution in [3.05, 3.63) is 40.7 Å². The van der Waals surface area contributed by atoms with Gasteiger partial charge in [0.1, 0.15) is 5.60 Å². The van der Waals surface area contributed by atoms with Gasteiger partial charge in [0.25, 0.3) is 5.56 Å². The van der Waals surface area contributed by atoms with Crippen molar-refractivity contribution in [3.8, 4) is 11.8 Å². The number of carbonyl (C=O) groups excluding carboxylic acids is 1. The Kier molecular flexibility index (Phi) is 4.69. The molecule has 4 heterocycles. The first-order valence-electron chi connectivity index (χ1n) is 9.33. The Morgan fingerprint density at radius 1 is 1.31 bits per heavy atom. The van der Waals surface area contributed by atoms with Gasteiger partial charge in [-0.2, -0.15) is 10.1 Å². The number of fused-ring (bicyclic) bond motifs is 1. The molecule has 0 bridgehead atoms. The number of hydrogen-bond acceptors (Lipinski definition) is 7. The molecule has 0 aromatic carbocycles. The van der Waals surface area contributed by atoms with Crippen LogP contribution < -0.4 is 10.3 Å². The molecule has 0 radical (unpaired) electrons. The molecular weight excluding hydrogens is 376 g/mol. The Bertz CT molecular complexity index is 1100. The fourth-order valence-electron chi connectivity index (χ4n) is 3.27. The molecular formula is C19H22N6O4. The quantitative estimate of drug-likeness (QED) is 0.694. The Labute approximate surface area is 166 Å². The zero-order valence-corrected chi connectivity index (χ0v) is 16.4. The van der Waals surface area contributed by atoms with Gasteiger partial charge in [0.05, 0.1) is 29.0 Å². The second kappa shape index (κ2) is 7.19. The third-order valence-electron chi connectivity index (χ3n) is 4.57. The van der Waals surface area contributed by atoms with Gasteiger partial charge in [-0.05, 0) is 33.3 Å². The van der Waals surface area contributed by atoms with Gasteiger partial charge in [-0.15, -0.1) is 0 Å². The summed E-state index contributed by atoms with van der Waals surface area (Å²) in [5.41, 5.74) is 0.326. The van der Waals surface area contributed by atoms with Gasteiger partial charge in [-0.1, -0.05) is 0 Å². The first-order valence-corrected chi connectivity index (χ1v) is 9.33. The average molecular weight is 398 g/mol. The van der Waals surface area contributed by atoms with E-state index in [9.17, 15) is 9.59 Å². The molecule has 4 rings (SSSR count). The number of H-pyrrole nitrogens is 2. The maximum absolute atomic E-state index is 12.3. The highest BCUT2D eigenvalue weighted by molar-refractivity contribution is 5.76. The van der Waals surface area contributed by atoms with Crippen molar-refractivity contribution in [2.75, 3.05) is 13.1 Å². The molecule has 0 saturated carbocycles. The van der Waals surface area contributed by atoms with Gasteiger partial charge in [-0.3, -0.25) is 19.9 Å². The first kappa shape index (κ1) is 18.9. The smallest absolute Gasteiger partial charge is 0.410 e. The van der Waals surface area contributed by atoms with Crippen LogP contribution in [-0.4, -0.2) is 54.8 Å². The largest absolute Gasteiger partial charge is 0.444 e. The van der Waals surface area contributed by atoms with E-state index < -0.39 is 5.60 Å². The van der Waals surface area contributed by atoms with Crippen LogP contribution in [0.25, 0.3) is 10.9 Å². The van der Waals surface area contributed by atoms with Crippen LogP contribution in [0.3, 0.4) is 0 Å². The summed E-state index contributed by atoms with van der Waals surface area (Å²) in [5.74, 6) is 0.460. The lowest BCUT2D eigenvalue weighted by Crippen LogP contribution is -2.35. The molecule has 0 unspecified atom stereocenters. The van der Waals surface area contributed by atoms with Gasteiger partial charge in [0.15, 0.2) is 5.75 Å². The fraction of sp³-hybridized carbons (Fsp3) is 0.421. The fourth-order valence-corrected chi connectivity index (χ4v) is 3.27. The minimum atomic E-state index is -0.542. The Morgan fingerprint density at radius 2 is 2.14 bits per heavy atom. The molecule has 152 valence electrons. The molecule has 10 nitrogen and oxygen atoms in total. The summed E-state index contributed by atoms with van der Waals surface area (Å²) in [4.78, 5) is 37.1. The van der Waals surface area contributed by atoms with E-state index in [1.807, 2.05) is 20.8 Å². The Balaban J connectivity index is 1.51. The molecule has 3 aromatic rings. The predicted molar refractivity (Wildman–Crippen MR) is 104 cm³/mol. The van der Waals surface area contributed by atoms with E-state index in [1.54, 1.807) is 11.0 Å². The highest BCUT2D eigenvalue weighted by Gasteiger charge is 2.33. The Hall–Kier alpha value is -3.43.